The monoisotopic (exact) mass is 233 g/mol. The molecular weight excluding hydrogens is 218 g/mol. The van der Waals surface area contributed by atoms with Crippen LogP contribution in [-0.2, 0) is 4.79 Å². The smallest absolute Gasteiger partial charge is 0.243 e. The number of hydrogen-bond acceptors (Lipinski definition) is 5. The predicted molar refractivity (Wildman–Crippen MR) is 65.2 cm³/mol. The van der Waals surface area contributed by atoms with E-state index in [9.17, 15) is 4.79 Å². The maximum atomic E-state index is 11.4. The molecule has 1 saturated heterocycles. The van der Waals surface area contributed by atoms with Crippen molar-refractivity contribution in [3.8, 4) is 0 Å². The number of carbonyl (C=O) groups is 1. The van der Waals surface area contributed by atoms with Crippen molar-refractivity contribution in [1.82, 2.24) is 9.97 Å². The van der Waals surface area contributed by atoms with Gasteiger partial charge in [0.2, 0.25) is 5.91 Å². The fourth-order valence-electron chi connectivity index (χ4n) is 2.32. The van der Waals surface area contributed by atoms with Crippen LogP contribution >= 0.6 is 0 Å². The molecule has 0 spiro atoms. The minimum Gasteiger partial charge on any atom is -0.359 e. The topological polar surface area (TPSA) is 70.2 Å². The van der Waals surface area contributed by atoms with Crippen molar-refractivity contribution in [2.24, 2.45) is 0 Å². The zero-order chi connectivity index (χ0) is 11.7. The normalized spacial score (nSPS) is 19.3. The summed E-state index contributed by atoms with van der Waals surface area (Å²) in [6, 6.07) is 0. The molecule has 0 aliphatic carbocycles. The van der Waals surface area contributed by atoms with E-state index < -0.39 is 0 Å². The second-order valence-corrected chi connectivity index (χ2v) is 4.37. The SMILES string of the molecule is O=C1CNc2ncnc(N3CCCCC3)c2N1. The van der Waals surface area contributed by atoms with Crippen LogP contribution in [0.2, 0.25) is 0 Å². The summed E-state index contributed by atoms with van der Waals surface area (Å²) >= 11 is 0. The summed E-state index contributed by atoms with van der Waals surface area (Å²) in [6.07, 6.45) is 5.18. The van der Waals surface area contributed by atoms with E-state index >= 15 is 0 Å². The molecule has 2 aliphatic heterocycles. The van der Waals surface area contributed by atoms with Crippen LogP contribution in [0.25, 0.3) is 0 Å². The fourth-order valence-corrected chi connectivity index (χ4v) is 2.32. The molecule has 1 amide bonds. The summed E-state index contributed by atoms with van der Waals surface area (Å²) in [4.78, 5) is 22.1. The van der Waals surface area contributed by atoms with Crippen LogP contribution < -0.4 is 15.5 Å². The van der Waals surface area contributed by atoms with Gasteiger partial charge >= 0.3 is 0 Å². The van der Waals surface area contributed by atoms with Crippen molar-refractivity contribution in [2.45, 2.75) is 19.3 Å². The van der Waals surface area contributed by atoms with Gasteiger partial charge in [-0.15, -0.1) is 0 Å². The van der Waals surface area contributed by atoms with Crippen molar-refractivity contribution in [3.63, 3.8) is 0 Å². The fraction of sp³-hybridized carbons (Fsp3) is 0.545. The molecule has 6 nitrogen and oxygen atoms in total. The number of amides is 1. The molecular formula is C11H15N5O. The molecule has 3 heterocycles. The highest BCUT2D eigenvalue weighted by Gasteiger charge is 2.23. The van der Waals surface area contributed by atoms with Gasteiger partial charge in [-0.1, -0.05) is 0 Å². The second kappa shape index (κ2) is 4.20. The Hall–Kier alpha value is -1.85. The first-order chi connectivity index (χ1) is 8.34. The Morgan fingerprint density at radius 2 is 2.00 bits per heavy atom. The van der Waals surface area contributed by atoms with E-state index in [0.29, 0.717) is 0 Å². The Morgan fingerprint density at radius 1 is 1.18 bits per heavy atom. The summed E-state index contributed by atoms with van der Waals surface area (Å²) in [5.74, 6) is 1.53. The van der Waals surface area contributed by atoms with Gasteiger partial charge in [-0.25, -0.2) is 9.97 Å². The predicted octanol–water partition coefficient (Wildman–Crippen LogP) is 0.831. The molecule has 17 heavy (non-hydrogen) atoms. The molecule has 0 saturated carbocycles. The van der Waals surface area contributed by atoms with Gasteiger partial charge in [0.1, 0.15) is 12.0 Å². The minimum absolute atomic E-state index is 0.0365. The van der Waals surface area contributed by atoms with Crippen molar-refractivity contribution in [1.29, 1.82) is 0 Å². The number of rotatable bonds is 1. The molecule has 2 N–H and O–H groups in total. The molecule has 1 aromatic heterocycles. The summed E-state index contributed by atoms with van der Waals surface area (Å²) < 4.78 is 0. The van der Waals surface area contributed by atoms with Crippen LogP contribution in [0.5, 0.6) is 0 Å². The summed E-state index contributed by atoms with van der Waals surface area (Å²) in [5.41, 5.74) is 0.727. The number of hydrogen-bond donors (Lipinski definition) is 2. The van der Waals surface area contributed by atoms with Gasteiger partial charge in [-0.05, 0) is 19.3 Å². The molecule has 6 heteroatoms. The molecule has 0 aromatic carbocycles. The van der Waals surface area contributed by atoms with E-state index in [1.807, 2.05) is 0 Å². The zero-order valence-corrected chi connectivity index (χ0v) is 9.57. The van der Waals surface area contributed by atoms with E-state index in [-0.39, 0.29) is 12.5 Å². The lowest BCUT2D eigenvalue weighted by Crippen LogP contribution is -2.34. The number of anilines is 3. The molecule has 1 fully saturated rings. The first-order valence-corrected chi connectivity index (χ1v) is 5.98. The Bertz CT molecular complexity index is 441. The van der Waals surface area contributed by atoms with Crippen molar-refractivity contribution < 1.29 is 4.79 Å². The van der Waals surface area contributed by atoms with E-state index in [0.717, 1.165) is 30.4 Å². The minimum atomic E-state index is -0.0365. The lowest BCUT2D eigenvalue weighted by molar-refractivity contribution is -0.114. The molecule has 1 aromatic rings. The van der Waals surface area contributed by atoms with Crippen LogP contribution in [0.1, 0.15) is 19.3 Å². The number of aromatic nitrogens is 2. The van der Waals surface area contributed by atoms with Crippen LogP contribution in [0.15, 0.2) is 6.33 Å². The van der Waals surface area contributed by atoms with Gasteiger partial charge in [-0.2, -0.15) is 0 Å². The van der Waals surface area contributed by atoms with Gasteiger partial charge in [-0.3, -0.25) is 4.79 Å². The van der Waals surface area contributed by atoms with Gasteiger partial charge in [0, 0.05) is 13.1 Å². The molecule has 0 atom stereocenters. The molecule has 0 bridgehead atoms. The van der Waals surface area contributed by atoms with Crippen LogP contribution in [-0.4, -0.2) is 35.5 Å². The second-order valence-electron chi connectivity index (χ2n) is 4.37. The van der Waals surface area contributed by atoms with Gasteiger partial charge in [0.05, 0.1) is 6.54 Å². The highest BCUT2D eigenvalue weighted by atomic mass is 16.2. The maximum absolute atomic E-state index is 11.4. The van der Waals surface area contributed by atoms with E-state index in [4.69, 9.17) is 0 Å². The number of piperidine rings is 1. The van der Waals surface area contributed by atoms with Crippen LogP contribution in [0.3, 0.4) is 0 Å². The third-order valence-electron chi connectivity index (χ3n) is 3.16. The van der Waals surface area contributed by atoms with Crippen molar-refractivity contribution >= 4 is 23.2 Å². The molecule has 0 radical (unpaired) electrons. The molecule has 0 unspecified atom stereocenters. The standard InChI is InChI=1S/C11H15N5O/c17-8-6-12-10-9(15-8)11(14-7-13-10)16-4-2-1-3-5-16/h7H,1-6H2,(H,15,17)(H,12,13,14). The largest absolute Gasteiger partial charge is 0.359 e. The molecule has 90 valence electrons. The number of nitrogens with zero attached hydrogens (tertiary/aromatic N) is 3. The Labute approximate surface area is 99.4 Å². The van der Waals surface area contributed by atoms with Gasteiger partial charge < -0.3 is 15.5 Å². The van der Waals surface area contributed by atoms with Crippen LogP contribution in [0, 0.1) is 0 Å². The number of fused-ring (bicyclic) bond motifs is 1. The van der Waals surface area contributed by atoms with Crippen LogP contribution in [0.4, 0.5) is 17.3 Å². The Balaban J connectivity index is 1.95. The maximum Gasteiger partial charge on any atom is 0.243 e. The van der Waals surface area contributed by atoms with Gasteiger partial charge in [0.15, 0.2) is 11.6 Å². The third kappa shape index (κ3) is 1.90. The quantitative estimate of drug-likeness (QED) is 0.752. The summed E-state index contributed by atoms with van der Waals surface area (Å²) in [6.45, 7) is 2.28. The molecule has 3 rings (SSSR count). The average molecular weight is 233 g/mol. The first kappa shape index (κ1) is 10.3. The number of carbonyl (C=O) groups excluding carboxylic acids is 1. The molecule has 2 aliphatic rings. The summed E-state index contributed by atoms with van der Waals surface area (Å²) in [7, 11) is 0. The highest BCUT2D eigenvalue weighted by molar-refractivity contribution is 6.02. The van der Waals surface area contributed by atoms with Crippen molar-refractivity contribution in [3.05, 3.63) is 6.33 Å². The van der Waals surface area contributed by atoms with Gasteiger partial charge in [0.25, 0.3) is 0 Å². The third-order valence-corrected chi connectivity index (χ3v) is 3.16. The van der Waals surface area contributed by atoms with E-state index in [1.165, 1.54) is 19.3 Å². The Morgan fingerprint density at radius 3 is 2.82 bits per heavy atom. The number of nitrogens with one attached hydrogen (secondary N) is 2. The summed E-state index contributed by atoms with van der Waals surface area (Å²) in [5, 5.41) is 5.86. The average Bonchev–Trinajstić information content (AvgIpc) is 2.39. The van der Waals surface area contributed by atoms with E-state index in [1.54, 1.807) is 6.33 Å². The highest BCUT2D eigenvalue weighted by Crippen LogP contribution is 2.32. The lowest BCUT2D eigenvalue weighted by atomic mass is 10.1. The van der Waals surface area contributed by atoms with Crippen molar-refractivity contribution in [2.75, 3.05) is 35.2 Å². The first-order valence-electron chi connectivity index (χ1n) is 5.98. The van der Waals surface area contributed by atoms with E-state index in [2.05, 4.69) is 25.5 Å². The zero-order valence-electron chi connectivity index (χ0n) is 9.57. The lowest BCUT2D eigenvalue weighted by Gasteiger charge is -2.30. The Kier molecular flexibility index (Phi) is 2.55.